The summed E-state index contributed by atoms with van der Waals surface area (Å²) in [6, 6.07) is 11.4. The van der Waals surface area contributed by atoms with Crippen molar-refractivity contribution < 1.29 is 9.59 Å². The Morgan fingerprint density at radius 3 is 2.74 bits per heavy atom. The number of nitrogens with one attached hydrogen (secondary N) is 2. The van der Waals surface area contributed by atoms with Crippen LogP contribution in [0.25, 0.3) is 11.0 Å². The zero-order chi connectivity index (χ0) is 19.2. The third-order valence-electron chi connectivity index (χ3n) is 4.28. The Labute approximate surface area is 167 Å². The molecule has 27 heavy (non-hydrogen) atoms. The number of amides is 1. The number of carbonyl (C=O) groups excluding carboxylic acids is 2. The van der Waals surface area contributed by atoms with E-state index in [1.165, 1.54) is 11.3 Å². The quantitative estimate of drug-likeness (QED) is 0.518. The smallest absolute Gasteiger partial charge is 0.221 e. The number of nitrogens with zero attached hydrogens (tertiary/aromatic N) is 1. The lowest BCUT2D eigenvalue weighted by molar-refractivity contribution is -0.121. The van der Waals surface area contributed by atoms with Crippen molar-refractivity contribution in [1.29, 1.82) is 0 Å². The lowest BCUT2D eigenvalue weighted by atomic mass is 10.1. The maximum atomic E-state index is 12.4. The predicted octanol–water partition coefficient (Wildman–Crippen LogP) is 4.51. The highest BCUT2D eigenvalue weighted by atomic mass is 32.2. The summed E-state index contributed by atoms with van der Waals surface area (Å²) in [4.78, 5) is 34.4. The van der Waals surface area contributed by atoms with Gasteiger partial charge in [-0.05, 0) is 49.6 Å². The number of Topliss-reactive ketones (excluding diaryl/α,β-unsaturated/α-hetero) is 1. The first-order valence-corrected chi connectivity index (χ1v) is 11.1. The molecule has 142 valence electrons. The van der Waals surface area contributed by atoms with E-state index in [9.17, 15) is 9.59 Å². The molecule has 2 aromatic heterocycles. The molecule has 0 aliphatic carbocycles. The first-order chi connectivity index (χ1) is 13.1. The van der Waals surface area contributed by atoms with Crippen molar-refractivity contribution in [2.24, 2.45) is 0 Å². The fourth-order valence-corrected chi connectivity index (χ4v) is 4.16. The zero-order valence-corrected chi connectivity index (χ0v) is 17.1. The summed E-state index contributed by atoms with van der Waals surface area (Å²) in [7, 11) is 0. The monoisotopic (exact) mass is 401 g/mol. The second-order valence-electron chi connectivity index (χ2n) is 6.37. The van der Waals surface area contributed by atoms with Crippen molar-refractivity contribution in [1.82, 2.24) is 15.3 Å². The molecule has 0 radical (unpaired) electrons. The molecule has 5 nitrogen and oxygen atoms in total. The minimum Gasteiger partial charge on any atom is -0.346 e. The lowest BCUT2D eigenvalue weighted by Crippen LogP contribution is -2.30. The zero-order valence-electron chi connectivity index (χ0n) is 15.5. The van der Waals surface area contributed by atoms with Gasteiger partial charge in [0.25, 0.3) is 0 Å². The van der Waals surface area contributed by atoms with E-state index in [1.54, 1.807) is 11.8 Å². The minimum atomic E-state index is -0.184. The molecule has 0 fully saturated rings. The summed E-state index contributed by atoms with van der Waals surface area (Å²) in [5.41, 5.74) is 1.85. The summed E-state index contributed by atoms with van der Waals surface area (Å²) in [6.45, 7) is 1.97. The van der Waals surface area contributed by atoms with E-state index in [2.05, 4.69) is 15.3 Å². The normalized spacial score (nSPS) is 12.2. The number of ketones is 1. The molecule has 7 heteroatoms. The Hall–Kier alpha value is -2.12. The van der Waals surface area contributed by atoms with Gasteiger partial charge in [-0.2, -0.15) is 11.8 Å². The molecule has 0 spiro atoms. The maximum absolute atomic E-state index is 12.4. The average molecular weight is 402 g/mol. The predicted molar refractivity (Wildman–Crippen MR) is 113 cm³/mol. The molecule has 0 aliphatic heterocycles. The number of rotatable bonds is 9. The van der Waals surface area contributed by atoms with Crippen LogP contribution < -0.4 is 5.32 Å². The van der Waals surface area contributed by atoms with Crippen LogP contribution in [-0.4, -0.2) is 33.7 Å². The van der Waals surface area contributed by atoms with Crippen molar-refractivity contribution >= 4 is 45.8 Å². The lowest BCUT2D eigenvalue weighted by Gasteiger charge is -2.16. The second-order valence-corrected chi connectivity index (χ2v) is 8.65. The van der Waals surface area contributed by atoms with Crippen molar-refractivity contribution in [3.8, 4) is 0 Å². The van der Waals surface area contributed by atoms with Crippen molar-refractivity contribution in [2.45, 2.75) is 32.2 Å². The number of thiophene rings is 1. The molecule has 0 saturated heterocycles. The average Bonchev–Trinajstić information content (AvgIpc) is 3.29. The van der Waals surface area contributed by atoms with E-state index < -0.39 is 0 Å². The molecule has 0 bridgehead atoms. The van der Waals surface area contributed by atoms with Crippen molar-refractivity contribution in [2.75, 3.05) is 12.0 Å². The van der Waals surface area contributed by atoms with E-state index in [1.807, 2.05) is 49.6 Å². The number of para-hydroxylation sites is 2. The fraction of sp³-hybridized carbons (Fsp3) is 0.350. The molecule has 1 amide bonds. The van der Waals surface area contributed by atoms with Gasteiger partial charge in [0.15, 0.2) is 5.78 Å². The number of H-pyrrole nitrogens is 1. The third kappa shape index (κ3) is 5.20. The second kappa shape index (κ2) is 9.19. The van der Waals surface area contributed by atoms with Crippen LogP contribution in [0, 0.1) is 6.92 Å². The highest BCUT2D eigenvalue weighted by Crippen LogP contribution is 2.21. The topological polar surface area (TPSA) is 74.8 Å². The number of thioether (sulfide) groups is 1. The van der Waals surface area contributed by atoms with Crippen molar-refractivity contribution in [3.05, 3.63) is 52.0 Å². The maximum Gasteiger partial charge on any atom is 0.221 e. The van der Waals surface area contributed by atoms with Gasteiger partial charge in [0, 0.05) is 17.7 Å². The van der Waals surface area contributed by atoms with Gasteiger partial charge in [-0.1, -0.05) is 12.1 Å². The van der Waals surface area contributed by atoms with Gasteiger partial charge in [-0.15, -0.1) is 11.3 Å². The van der Waals surface area contributed by atoms with Crippen LogP contribution >= 0.6 is 23.1 Å². The van der Waals surface area contributed by atoms with Crippen LogP contribution in [0.15, 0.2) is 36.4 Å². The number of carbonyl (C=O) groups is 2. The van der Waals surface area contributed by atoms with E-state index in [0.29, 0.717) is 0 Å². The Morgan fingerprint density at radius 1 is 1.22 bits per heavy atom. The Kier molecular flexibility index (Phi) is 6.68. The summed E-state index contributed by atoms with van der Waals surface area (Å²) in [5, 5.41) is 3.05. The van der Waals surface area contributed by atoms with Gasteiger partial charge in [0.2, 0.25) is 5.91 Å². The highest BCUT2D eigenvalue weighted by molar-refractivity contribution is 7.98. The molecule has 2 N–H and O–H groups in total. The number of hydrogen-bond donors (Lipinski definition) is 2. The van der Waals surface area contributed by atoms with Crippen LogP contribution in [0.3, 0.4) is 0 Å². The number of benzene rings is 1. The summed E-state index contributed by atoms with van der Waals surface area (Å²) in [5.74, 6) is 1.57. The number of aromatic nitrogens is 2. The summed E-state index contributed by atoms with van der Waals surface area (Å²) in [6.07, 6.45) is 3.23. The third-order valence-corrected chi connectivity index (χ3v) is 5.96. The van der Waals surface area contributed by atoms with Crippen LogP contribution in [0.2, 0.25) is 0 Å². The first-order valence-electron chi connectivity index (χ1n) is 8.89. The fourth-order valence-electron chi connectivity index (χ4n) is 2.85. The van der Waals surface area contributed by atoms with Gasteiger partial charge >= 0.3 is 0 Å². The van der Waals surface area contributed by atoms with E-state index in [4.69, 9.17) is 0 Å². The molecule has 1 aromatic carbocycles. The molecular weight excluding hydrogens is 378 g/mol. The van der Waals surface area contributed by atoms with E-state index in [0.717, 1.165) is 38.8 Å². The SMILES string of the molecule is CSCC[C@@H](NC(=O)CCC(=O)c1ccc(C)s1)c1nc2ccccc2[nH]1. The van der Waals surface area contributed by atoms with Gasteiger partial charge < -0.3 is 10.3 Å². The standard InChI is InChI=1S/C20H23N3O2S2/c1-13-7-9-18(27-13)17(24)8-10-19(25)21-16(11-12-26-2)20-22-14-5-3-4-6-15(14)23-20/h3-7,9,16H,8,10-12H2,1-2H3,(H,21,25)(H,22,23)/t16-/m1/s1. The summed E-state index contributed by atoms with van der Waals surface area (Å²) < 4.78 is 0. The Balaban J connectivity index is 1.63. The van der Waals surface area contributed by atoms with Crippen LogP contribution in [0.4, 0.5) is 0 Å². The van der Waals surface area contributed by atoms with Gasteiger partial charge in [-0.3, -0.25) is 9.59 Å². The number of aryl methyl sites for hydroxylation is 1. The molecule has 3 rings (SSSR count). The Morgan fingerprint density at radius 2 is 2.04 bits per heavy atom. The van der Waals surface area contributed by atoms with E-state index >= 15 is 0 Å². The van der Waals surface area contributed by atoms with Gasteiger partial charge in [-0.25, -0.2) is 4.98 Å². The largest absolute Gasteiger partial charge is 0.346 e. The number of imidazole rings is 1. The number of aromatic amines is 1. The number of hydrogen-bond acceptors (Lipinski definition) is 5. The van der Waals surface area contributed by atoms with E-state index in [-0.39, 0.29) is 30.6 Å². The summed E-state index contributed by atoms with van der Waals surface area (Å²) >= 11 is 3.20. The highest BCUT2D eigenvalue weighted by Gasteiger charge is 2.19. The van der Waals surface area contributed by atoms with Gasteiger partial charge in [0.05, 0.1) is 22.0 Å². The molecule has 0 unspecified atom stereocenters. The number of fused-ring (bicyclic) bond motifs is 1. The minimum absolute atomic E-state index is 0.0210. The molecule has 2 heterocycles. The van der Waals surface area contributed by atoms with Crippen LogP contribution in [0.1, 0.15) is 45.7 Å². The van der Waals surface area contributed by atoms with Crippen molar-refractivity contribution in [3.63, 3.8) is 0 Å². The van der Waals surface area contributed by atoms with Gasteiger partial charge in [0.1, 0.15) is 5.82 Å². The van der Waals surface area contributed by atoms with Crippen LogP contribution in [0.5, 0.6) is 0 Å². The molecular formula is C20H23N3O2S2. The molecule has 3 aromatic rings. The van der Waals surface area contributed by atoms with Crippen LogP contribution in [-0.2, 0) is 4.79 Å². The molecule has 1 atom stereocenters. The Bertz CT molecular complexity index is 899. The molecule has 0 saturated carbocycles. The first kappa shape index (κ1) is 19.6. The molecule has 0 aliphatic rings.